The topological polar surface area (TPSA) is 12.0 Å². The lowest BCUT2D eigenvalue weighted by molar-refractivity contribution is 0.231. The Kier molecular flexibility index (Phi) is 5.40. The largest absolute Gasteiger partial charge is 0.317 e. The van der Waals surface area contributed by atoms with Gasteiger partial charge in [0, 0.05) is 0 Å². The summed E-state index contributed by atoms with van der Waals surface area (Å²) in [5.41, 5.74) is 4.74. The molecule has 1 atom stereocenters. The molecule has 0 aromatic heterocycles. The second kappa shape index (κ2) is 6.38. The van der Waals surface area contributed by atoms with E-state index >= 15 is 0 Å². The van der Waals surface area contributed by atoms with Crippen LogP contribution in [-0.4, -0.2) is 13.1 Å². The Bertz CT molecular complexity index is 353. The summed E-state index contributed by atoms with van der Waals surface area (Å²) in [5.74, 6) is 0.678. The second-order valence-electron chi connectivity index (χ2n) is 6.45. The highest BCUT2D eigenvalue weighted by Gasteiger charge is 2.25. The van der Waals surface area contributed by atoms with Gasteiger partial charge < -0.3 is 5.32 Å². The van der Waals surface area contributed by atoms with Crippen LogP contribution in [0.3, 0.4) is 0 Å². The molecule has 1 rings (SSSR count). The van der Waals surface area contributed by atoms with Crippen LogP contribution in [-0.2, 0) is 6.42 Å². The monoisotopic (exact) mass is 247 g/mol. The van der Waals surface area contributed by atoms with Crippen LogP contribution >= 0.6 is 0 Å². The van der Waals surface area contributed by atoms with Gasteiger partial charge in [-0.25, -0.2) is 0 Å². The van der Waals surface area contributed by atoms with Crippen molar-refractivity contribution in [3.05, 3.63) is 34.9 Å². The minimum Gasteiger partial charge on any atom is -0.317 e. The fourth-order valence-electron chi connectivity index (χ4n) is 2.42. The summed E-state index contributed by atoms with van der Waals surface area (Å²) in [6.45, 7) is 15.9. The van der Waals surface area contributed by atoms with Gasteiger partial charge in [0.2, 0.25) is 0 Å². The maximum atomic E-state index is 3.51. The van der Waals surface area contributed by atoms with Gasteiger partial charge in [-0.1, -0.05) is 45.9 Å². The van der Waals surface area contributed by atoms with Gasteiger partial charge in [-0.3, -0.25) is 0 Å². The summed E-state index contributed by atoms with van der Waals surface area (Å²) in [6, 6.07) is 6.62. The third kappa shape index (κ3) is 4.13. The predicted octanol–water partition coefficient (Wildman–Crippen LogP) is 4.12. The van der Waals surface area contributed by atoms with E-state index in [1.54, 1.807) is 0 Å². The highest BCUT2D eigenvalue weighted by Crippen LogP contribution is 2.30. The zero-order chi connectivity index (χ0) is 13.8. The first kappa shape index (κ1) is 15.2. The van der Waals surface area contributed by atoms with E-state index in [4.69, 9.17) is 0 Å². The molecule has 0 radical (unpaired) electrons. The smallest absolute Gasteiger partial charge is 0.00124 e. The van der Waals surface area contributed by atoms with Crippen molar-refractivity contribution in [3.8, 4) is 0 Å². The summed E-state index contributed by atoms with van der Waals surface area (Å²) >= 11 is 0. The van der Waals surface area contributed by atoms with Gasteiger partial charge in [0.05, 0.1) is 0 Å². The lowest BCUT2D eigenvalue weighted by atomic mass is 9.76. The van der Waals surface area contributed by atoms with Gasteiger partial charge >= 0.3 is 0 Å². The molecule has 1 nitrogen and oxygen atoms in total. The zero-order valence-electron chi connectivity index (χ0n) is 12.9. The minimum atomic E-state index is 0.344. The van der Waals surface area contributed by atoms with Gasteiger partial charge in [-0.05, 0) is 61.4 Å². The lowest BCUT2D eigenvalue weighted by Crippen LogP contribution is -2.33. The molecule has 102 valence electrons. The number of hydrogen-bond donors (Lipinski definition) is 1. The molecular weight excluding hydrogens is 218 g/mol. The Morgan fingerprint density at radius 2 is 1.67 bits per heavy atom. The molecule has 0 fully saturated rings. The molecule has 1 aromatic carbocycles. The van der Waals surface area contributed by atoms with Crippen LogP contribution in [0.15, 0.2) is 18.2 Å². The van der Waals surface area contributed by atoms with Crippen molar-refractivity contribution in [3.63, 3.8) is 0 Å². The van der Waals surface area contributed by atoms with Gasteiger partial charge in [0.15, 0.2) is 0 Å². The number of rotatable bonds is 5. The van der Waals surface area contributed by atoms with Crippen LogP contribution in [0.2, 0.25) is 0 Å². The van der Waals surface area contributed by atoms with E-state index in [0.717, 1.165) is 13.1 Å². The summed E-state index contributed by atoms with van der Waals surface area (Å²) in [6.07, 6.45) is 1.18. The molecule has 18 heavy (non-hydrogen) atoms. The van der Waals surface area contributed by atoms with Crippen LogP contribution in [0.4, 0.5) is 0 Å². The Morgan fingerprint density at radius 3 is 2.11 bits per heavy atom. The second-order valence-corrected chi connectivity index (χ2v) is 6.45. The normalized spacial score (nSPS) is 13.7. The quantitative estimate of drug-likeness (QED) is 0.825. The molecule has 1 unspecified atom stereocenters. The molecule has 0 bridgehead atoms. The average molecular weight is 247 g/mol. The van der Waals surface area contributed by atoms with E-state index in [0.29, 0.717) is 11.3 Å². The molecule has 0 amide bonds. The molecule has 1 heteroatoms. The zero-order valence-corrected chi connectivity index (χ0v) is 12.9. The summed E-state index contributed by atoms with van der Waals surface area (Å²) in [7, 11) is 0. The molecule has 1 N–H and O–H groups in total. The van der Waals surface area contributed by atoms with Crippen molar-refractivity contribution in [2.75, 3.05) is 13.1 Å². The van der Waals surface area contributed by atoms with Crippen LogP contribution in [0.1, 0.15) is 44.4 Å². The minimum absolute atomic E-state index is 0.344. The van der Waals surface area contributed by atoms with Gasteiger partial charge in [-0.15, -0.1) is 0 Å². The number of hydrogen-bond acceptors (Lipinski definition) is 1. The fourth-order valence-corrected chi connectivity index (χ4v) is 2.42. The lowest BCUT2D eigenvalue weighted by Gasteiger charge is -2.32. The van der Waals surface area contributed by atoms with Crippen molar-refractivity contribution >= 4 is 0 Å². The fraction of sp³-hybridized carbons (Fsp3) is 0.647. The SMILES string of the molecule is CCNCC(Cc1c(C)cccc1C)C(C)(C)C. The standard InChI is InChI=1S/C17H29N/c1-7-18-12-15(17(4,5)6)11-16-13(2)9-8-10-14(16)3/h8-10,15,18H,7,11-12H2,1-6H3. The Labute approximate surface area is 113 Å². The first-order valence-electron chi connectivity index (χ1n) is 7.12. The highest BCUT2D eigenvalue weighted by molar-refractivity contribution is 5.34. The van der Waals surface area contributed by atoms with E-state index in [2.05, 4.69) is 65.1 Å². The van der Waals surface area contributed by atoms with Crippen molar-refractivity contribution in [2.24, 2.45) is 11.3 Å². The van der Waals surface area contributed by atoms with Gasteiger partial charge in [0.1, 0.15) is 0 Å². The average Bonchev–Trinajstić information content (AvgIpc) is 2.26. The molecule has 0 aliphatic rings. The Morgan fingerprint density at radius 1 is 1.11 bits per heavy atom. The summed E-state index contributed by atoms with van der Waals surface area (Å²) in [4.78, 5) is 0. The number of aryl methyl sites for hydroxylation is 2. The van der Waals surface area contributed by atoms with E-state index < -0.39 is 0 Å². The number of nitrogens with one attached hydrogen (secondary N) is 1. The summed E-state index contributed by atoms with van der Waals surface area (Å²) < 4.78 is 0. The van der Waals surface area contributed by atoms with E-state index in [9.17, 15) is 0 Å². The first-order chi connectivity index (χ1) is 8.36. The Hall–Kier alpha value is -0.820. The van der Waals surface area contributed by atoms with Crippen LogP contribution in [0.5, 0.6) is 0 Å². The molecule has 0 aliphatic heterocycles. The maximum absolute atomic E-state index is 3.51. The van der Waals surface area contributed by atoms with E-state index in [1.165, 1.54) is 23.1 Å². The van der Waals surface area contributed by atoms with E-state index in [1.807, 2.05) is 0 Å². The van der Waals surface area contributed by atoms with E-state index in [-0.39, 0.29) is 0 Å². The van der Waals surface area contributed by atoms with Crippen molar-refractivity contribution in [2.45, 2.75) is 48.0 Å². The Balaban J connectivity index is 2.89. The third-order valence-corrected chi connectivity index (χ3v) is 3.96. The highest BCUT2D eigenvalue weighted by atomic mass is 14.8. The molecule has 1 aromatic rings. The maximum Gasteiger partial charge on any atom is -0.00124 e. The molecular formula is C17H29N. The van der Waals surface area contributed by atoms with Crippen LogP contribution in [0.25, 0.3) is 0 Å². The van der Waals surface area contributed by atoms with Crippen LogP contribution < -0.4 is 5.32 Å². The molecule has 0 saturated carbocycles. The number of benzene rings is 1. The summed E-state index contributed by atoms with van der Waals surface area (Å²) in [5, 5.41) is 3.51. The van der Waals surface area contributed by atoms with Gasteiger partial charge in [0.25, 0.3) is 0 Å². The molecule has 0 spiro atoms. The van der Waals surface area contributed by atoms with Crippen molar-refractivity contribution < 1.29 is 0 Å². The predicted molar refractivity (Wildman–Crippen MR) is 81.1 cm³/mol. The third-order valence-electron chi connectivity index (χ3n) is 3.96. The van der Waals surface area contributed by atoms with Crippen molar-refractivity contribution in [1.29, 1.82) is 0 Å². The van der Waals surface area contributed by atoms with Crippen molar-refractivity contribution in [1.82, 2.24) is 5.32 Å². The van der Waals surface area contributed by atoms with Crippen LogP contribution in [0, 0.1) is 25.2 Å². The molecule has 0 saturated heterocycles. The van der Waals surface area contributed by atoms with Gasteiger partial charge in [-0.2, -0.15) is 0 Å². The first-order valence-corrected chi connectivity index (χ1v) is 7.12. The molecule has 0 heterocycles. The molecule has 0 aliphatic carbocycles.